The molecule has 6 heteroatoms. The third-order valence-electron chi connectivity index (χ3n) is 1.12. The van der Waals surface area contributed by atoms with Crippen molar-refractivity contribution in [2.45, 2.75) is 13.8 Å². The van der Waals surface area contributed by atoms with Crippen LogP contribution >= 0.6 is 17.1 Å². The maximum absolute atomic E-state index is 10.0. The molecule has 0 unspecified atom stereocenters. The summed E-state index contributed by atoms with van der Waals surface area (Å²) in [6.07, 6.45) is 3.94. The molecule has 0 rings (SSSR count). The maximum Gasteiger partial charge on any atom is 0.247 e. The number of hydrogen-bond donors (Lipinski definition) is 0. The lowest BCUT2D eigenvalue weighted by atomic mass is 10.6. The molecule has 0 aromatic rings. The molecule has 0 aliphatic heterocycles. The highest BCUT2D eigenvalue weighted by Gasteiger charge is 2.17. The summed E-state index contributed by atoms with van der Waals surface area (Å²) in [6, 6.07) is 0. The molecule has 0 heterocycles. The van der Waals surface area contributed by atoms with Crippen molar-refractivity contribution in [3.63, 3.8) is 0 Å². The normalized spacial score (nSPS) is 12.1. The summed E-state index contributed by atoms with van der Waals surface area (Å²) in [5.74, 6) is 0.649. The second-order valence-electron chi connectivity index (χ2n) is 2.14. The first kappa shape index (κ1) is 14.3. The Hall–Kier alpha value is 0.330. The van der Waals surface area contributed by atoms with Crippen molar-refractivity contribution in [2.24, 2.45) is 0 Å². The number of carbonyl (C=O) groups excluding carboxylic acids is 1. The van der Waals surface area contributed by atoms with Crippen LogP contribution in [0.4, 0.5) is 0 Å². The van der Waals surface area contributed by atoms with Gasteiger partial charge in [-0.05, 0) is 31.7 Å². The summed E-state index contributed by atoms with van der Waals surface area (Å²) in [5.41, 5.74) is -2.18. The molecule has 0 bridgehead atoms. The molecule has 0 N–H and O–H groups in total. The van der Waals surface area contributed by atoms with Crippen molar-refractivity contribution in [3.05, 3.63) is 12.2 Å². The molecule has 0 saturated carbocycles. The molecule has 0 aromatic carbocycles. The molecule has 82 valence electrons. The van der Waals surface area contributed by atoms with Crippen molar-refractivity contribution in [2.75, 3.05) is 19.0 Å². The van der Waals surface area contributed by atoms with Crippen LogP contribution in [-0.4, -0.2) is 25.3 Å². The smallest absolute Gasteiger partial charge is 0.247 e. The van der Waals surface area contributed by atoms with Crippen molar-refractivity contribution in [3.8, 4) is 0 Å². The van der Waals surface area contributed by atoms with E-state index in [2.05, 4.69) is 0 Å². The van der Waals surface area contributed by atoms with Gasteiger partial charge in [0, 0.05) is 5.75 Å². The summed E-state index contributed by atoms with van der Waals surface area (Å²) >= 11 is 6.71. The Kier molecular flexibility index (Phi) is 8.83. The Morgan fingerprint density at radius 3 is 2.36 bits per heavy atom. The Balaban J connectivity index is 4.01. The first-order chi connectivity index (χ1) is 6.68. The Morgan fingerprint density at radius 2 is 1.93 bits per heavy atom. The molecule has 0 aromatic heterocycles. The lowest BCUT2D eigenvalue weighted by Gasteiger charge is -2.18. The fourth-order valence-electron chi connectivity index (χ4n) is 0.673. The van der Waals surface area contributed by atoms with E-state index in [-0.39, 0.29) is 0 Å². The van der Waals surface area contributed by atoms with Gasteiger partial charge in [0.05, 0.1) is 13.2 Å². The van der Waals surface area contributed by atoms with Gasteiger partial charge in [-0.2, -0.15) is 0 Å². The topological polar surface area (TPSA) is 35.5 Å². The summed E-state index contributed by atoms with van der Waals surface area (Å²) < 4.78 is 10.8. The number of hydrogen-bond acceptors (Lipinski definition) is 5. The lowest BCUT2D eigenvalue weighted by Crippen LogP contribution is -1.92. The molecule has 0 amide bonds. The minimum Gasteiger partial charge on any atom is -0.322 e. The van der Waals surface area contributed by atoms with Crippen LogP contribution < -0.4 is 0 Å². The largest absolute Gasteiger partial charge is 0.322 e. The van der Waals surface area contributed by atoms with Crippen LogP contribution in [0.3, 0.4) is 0 Å². The van der Waals surface area contributed by atoms with Gasteiger partial charge in [0.1, 0.15) is 6.29 Å². The first-order valence-corrected chi connectivity index (χ1v) is 8.55. The first-order valence-electron chi connectivity index (χ1n) is 4.32. The SMILES string of the molecule is CCOP(=S)(OCC)SC/C=C/C=O. The van der Waals surface area contributed by atoms with E-state index in [0.717, 1.165) is 6.29 Å². The van der Waals surface area contributed by atoms with Gasteiger partial charge in [-0.15, -0.1) is 0 Å². The van der Waals surface area contributed by atoms with Gasteiger partial charge in [-0.25, -0.2) is 0 Å². The molecule has 0 aliphatic carbocycles. The Morgan fingerprint density at radius 1 is 1.36 bits per heavy atom. The predicted molar refractivity (Wildman–Crippen MR) is 65.2 cm³/mol. The molecule has 0 saturated heterocycles. The highest BCUT2D eigenvalue weighted by atomic mass is 32.9. The van der Waals surface area contributed by atoms with Gasteiger partial charge in [0.25, 0.3) is 0 Å². The third-order valence-corrected chi connectivity index (χ3v) is 6.53. The molecule has 14 heavy (non-hydrogen) atoms. The van der Waals surface area contributed by atoms with Crippen molar-refractivity contribution < 1.29 is 13.8 Å². The van der Waals surface area contributed by atoms with Gasteiger partial charge in [-0.1, -0.05) is 17.5 Å². The molecular formula is C8H15O3PS2. The van der Waals surface area contributed by atoms with E-state index in [9.17, 15) is 4.79 Å². The second kappa shape index (κ2) is 8.62. The van der Waals surface area contributed by atoms with E-state index in [1.807, 2.05) is 13.8 Å². The zero-order chi connectivity index (χ0) is 10.9. The van der Waals surface area contributed by atoms with Crippen LogP contribution in [0.15, 0.2) is 12.2 Å². The van der Waals surface area contributed by atoms with E-state index in [1.165, 1.54) is 17.5 Å². The fraction of sp³-hybridized carbons (Fsp3) is 0.625. The minimum atomic E-state index is -2.18. The highest BCUT2D eigenvalue weighted by Crippen LogP contribution is 2.60. The summed E-state index contributed by atoms with van der Waals surface area (Å²) in [6.45, 7) is 4.90. The van der Waals surface area contributed by atoms with Gasteiger partial charge in [0.15, 0.2) is 0 Å². The van der Waals surface area contributed by atoms with E-state index >= 15 is 0 Å². The molecule has 0 spiro atoms. The van der Waals surface area contributed by atoms with Gasteiger partial charge in [0.2, 0.25) is 5.69 Å². The van der Waals surface area contributed by atoms with E-state index < -0.39 is 5.69 Å². The van der Waals surface area contributed by atoms with E-state index in [4.69, 9.17) is 20.9 Å². The Labute approximate surface area is 94.2 Å². The predicted octanol–water partition coefficient (Wildman–Crippen LogP) is 2.77. The van der Waals surface area contributed by atoms with Crippen molar-refractivity contribution in [1.29, 1.82) is 0 Å². The van der Waals surface area contributed by atoms with Crippen LogP contribution in [0.2, 0.25) is 0 Å². The minimum absolute atomic E-state index is 0.557. The summed E-state index contributed by atoms with van der Waals surface area (Å²) in [7, 11) is 0. The monoisotopic (exact) mass is 254 g/mol. The molecule has 3 nitrogen and oxygen atoms in total. The molecular weight excluding hydrogens is 239 g/mol. The summed E-state index contributed by atoms with van der Waals surface area (Å²) in [4.78, 5) is 10.0. The quantitative estimate of drug-likeness (QED) is 0.378. The van der Waals surface area contributed by atoms with Crippen LogP contribution in [0.5, 0.6) is 0 Å². The van der Waals surface area contributed by atoms with Gasteiger partial charge >= 0.3 is 0 Å². The lowest BCUT2D eigenvalue weighted by molar-refractivity contribution is -0.104. The average molecular weight is 254 g/mol. The van der Waals surface area contributed by atoms with Crippen LogP contribution in [-0.2, 0) is 25.6 Å². The molecule has 0 fully saturated rings. The highest BCUT2D eigenvalue weighted by molar-refractivity contribution is 8.67. The maximum atomic E-state index is 10.0. The molecule has 0 atom stereocenters. The number of carbonyl (C=O) groups is 1. The zero-order valence-electron chi connectivity index (χ0n) is 8.34. The molecule has 0 radical (unpaired) electrons. The number of rotatable bonds is 8. The standard InChI is InChI=1S/C8H15O3PS2/c1-3-10-12(13,11-4-2)14-8-6-5-7-9/h5-7H,3-4,8H2,1-2H3/b6-5+. The van der Waals surface area contributed by atoms with Gasteiger partial charge < -0.3 is 9.05 Å². The number of aldehydes is 1. The zero-order valence-corrected chi connectivity index (χ0v) is 10.9. The van der Waals surface area contributed by atoms with Crippen molar-refractivity contribution in [1.82, 2.24) is 0 Å². The number of allylic oxidation sites excluding steroid dienone is 1. The van der Waals surface area contributed by atoms with Crippen molar-refractivity contribution >= 4 is 35.2 Å². The van der Waals surface area contributed by atoms with Crippen LogP contribution in [0.1, 0.15) is 13.8 Å². The average Bonchev–Trinajstić information content (AvgIpc) is 2.13. The second-order valence-corrected chi connectivity index (χ2v) is 8.50. The van der Waals surface area contributed by atoms with Crippen LogP contribution in [0, 0.1) is 0 Å². The molecule has 0 aliphatic rings. The Bertz CT molecular complexity index is 221. The fourth-order valence-corrected chi connectivity index (χ4v) is 4.98. The summed E-state index contributed by atoms with van der Waals surface area (Å²) in [5, 5.41) is 0. The third kappa shape index (κ3) is 6.74. The van der Waals surface area contributed by atoms with Gasteiger partial charge in [-0.3, -0.25) is 4.79 Å². The van der Waals surface area contributed by atoms with E-state index in [1.54, 1.807) is 6.08 Å². The van der Waals surface area contributed by atoms with Crippen LogP contribution in [0.25, 0.3) is 0 Å². The van der Waals surface area contributed by atoms with E-state index in [0.29, 0.717) is 19.0 Å².